The van der Waals surface area contributed by atoms with E-state index < -0.39 is 0 Å². The Morgan fingerprint density at radius 3 is 3.28 bits per heavy atom. The van der Waals surface area contributed by atoms with Gasteiger partial charge in [0.25, 0.3) is 5.91 Å². The molecule has 0 radical (unpaired) electrons. The van der Waals surface area contributed by atoms with Gasteiger partial charge in [-0.15, -0.1) is 0 Å². The van der Waals surface area contributed by atoms with Crippen LogP contribution >= 0.6 is 0 Å². The molecule has 2 aliphatic rings. The second-order valence-electron chi connectivity index (χ2n) is 4.77. The second-order valence-corrected chi connectivity index (χ2v) is 4.77. The van der Waals surface area contributed by atoms with Crippen molar-refractivity contribution >= 4 is 5.91 Å². The first-order chi connectivity index (χ1) is 8.79. The van der Waals surface area contributed by atoms with Crippen LogP contribution in [-0.4, -0.2) is 39.5 Å². The molecule has 1 aromatic heterocycles. The van der Waals surface area contributed by atoms with Crippen LogP contribution in [0, 0.1) is 0 Å². The summed E-state index contributed by atoms with van der Waals surface area (Å²) in [6.45, 7) is 5.40. The number of imidazole rings is 1. The molecule has 96 valence electrons. The van der Waals surface area contributed by atoms with Gasteiger partial charge in [0.1, 0.15) is 11.5 Å². The zero-order chi connectivity index (χ0) is 12.5. The molecule has 2 aliphatic heterocycles. The first kappa shape index (κ1) is 11.5. The maximum atomic E-state index is 12.4. The number of carbonyl (C=O) groups excluding carboxylic acids is 1. The van der Waals surface area contributed by atoms with Crippen molar-refractivity contribution in [2.45, 2.75) is 32.5 Å². The molecule has 18 heavy (non-hydrogen) atoms. The molecule has 1 N–H and O–H groups in total. The number of hydrogen-bond donors (Lipinski definition) is 1. The highest BCUT2D eigenvalue weighted by molar-refractivity contribution is 5.93. The van der Waals surface area contributed by atoms with Gasteiger partial charge in [-0.25, -0.2) is 4.98 Å². The Kier molecular flexibility index (Phi) is 2.91. The first-order valence-corrected chi connectivity index (χ1v) is 6.54. The van der Waals surface area contributed by atoms with Crippen molar-refractivity contribution in [3.05, 3.63) is 29.9 Å². The summed E-state index contributed by atoms with van der Waals surface area (Å²) < 4.78 is 2.08. The van der Waals surface area contributed by atoms with Gasteiger partial charge < -0.3 is 14.8 Å². The average Bonchev–Trinajstić information content (AvgIpc) is 3.03. The van der Waals surface area contributed by atoms with Crippen molar-refractivity contribution in [1.29, 1.82) is 0 Å². The third kappa shape index (κ3) is 1.84. The normalized spacial score (nSPS) is 22.3. The lowest BCUT2D eigenvalue weighted by molar-refractivity contribution is 0.0742. The molecule has 1 amide bonds. The Bertz CT molecular complexity index is 468. The van der Waals surface area contributed by atoms with E-state index in [1.54, 1.807) is 0 Å². The van der Waals surface area contributed by atoms with Gasteiger partial charge in [0, 0.05) is 25.8 Å². The van der Waals surface area contributed by atoms with Gasteiger partial charge in [0.05, 0.1) is 12.6 Å². The van der Waals surface area contributed by atoms with Gasteiger partial charge >= 0.3 is 0 Å². The number of fused-ring (bicyclic) bond motifs is 1. The maximum Gasteiger partial charge on any atom is 0.274 e. The van der Waals surface area contributed by atoms with Gasteiger partial charge in [-0.1, -0.05) is 19.1 Å². The summed E-state index contributed by atoms with van der Waals surface area (Å²) in [6, 6.07) is 0.231. The molecular weight excluding hydrogens is 228 g/mol. The molecule has 0 saturated heterocycles. The quantitative estimate of drug-likeness (QED) is 0.784. The van der Waals surface area contributed by atoms with Crippen molar-refractivity contribution in [1.82, 2.24) is 19.8 Å². The fraction of sp³-hybridized carbons (Fsp3) is 0.538. The summed E-state index contributed by atoms with van der Waals surface area (Å²) in [6.07, 6.45) is 7.01. The van der Waals surface area contributed by atoms with Gasteiger partial charge in [-0.2, -0.15) is 0 Å². The van der Waals surface area contributed by atoms with Crippen molar-refractivity contribution < 1.29 is 4.79 Å². The number of aromatic nitrogens is 2. The van der Waals surface area contributed by atoms with Crippen molar-refractivity contribution in [2.24, 2.45) is 0 Å². The van der Waals surface area contributed by atoms with E-state index in [1.807, 2.05) is 11.1 Å². The fourth-order valence-corrected chi connectivity index (χ4v) is 2.60. The summed E-state index contributed by atoms with van der Waals surface area (Å²) in [5.74, 6) is 1.01. The molecule has 1 aromatic rings. The molecule has 0 unspecified atom stereocenters. The van der Waals surface area contributed by atoms with Crippen LogP contribution in [0.1, 0.15) is 29.7 Å². The molecule has 0 saturated carbocycles. The van der Waals surface area contributed by atoms with Crippen LogP contribution in [0.3, 0.4) is 0 Å². The van der Waals surface area contributed by atoms with Crippen LogP contribution in [0.15, 0.2) is 18.3 Å². The maximum absolute atomic E-state index is 12.4. The van der Waals surface area contributed by atoms with E-state index in [0.29, 0.717) is 12.2 Å². The van der Waals surface area contributed by atoms with Crippen molar-refractivity contribution in [2.75, 3.05) is 13.1 Å². The molecule has 0 fully saturated rings. The lowest BCUT2D eigenvalue weighted by Crippen LogP contribution is -2.35. The van der Waals surface area contributed by atoms with Crippen LogP contribution in [0.4, 0.5) is 0 Å². The number of nitrogens with one attached hydrogen (secondary N) is 1. The highest BCUT2D eigenvalue weighted by atomic mass is 16.2. The van der Waals surface area contributed by atoms with Gasteiger partial charge in [-0.05, 0) is 6.42 Å². The Morgan fingerprint density at radius 2 is 2.50 bits per heavy atom. The lowest BCUT2D eigenvalue weighted by atomic mass is 10.2. The topological polar surface area (TPSA) is 50.2 Å². The molecule has 0 aliphatic carbocycles. The molecule has 3 heterocycles. The number of rotatable bonds is 2. The molecule has 0 aromatic carbocycles. The summed E-state index contributed by atoms with van der Waals surface area (Å²) in [4.78, 5) is 18.8. The van der Waals surface area contributed by atoms with E-state index in [1.165, 1.54) is 0 Å². The van der Waals surface area contributed by atoms with Gasteiger partial charge in [0.2, 0.25) is 0 Å². The Labute approximate surface area is 106 Å². The zero-order valence-corrected chi connectivity index (χ0v) is 10.6. The van der Waals surface area contributed by atoms with Crippen LogP contribution in [0.25, 0.3) is 0 Å². The zero-order valence-electron chi connectivity index (χ0n) is 10.6. The summed E-state index contributed by atoms with van der Waals surface area (Å²) >= 11 is 0. The van der Waals surface area contributed by atoms with Crippen molar-refractivity contribution in [3.8, 4) is 0 Å². The van der Waals surface area contributed by atoms with E-state index in [2.05, 4.69) is 33.9 Å². The summed E-state index contributed by atoms with van der Waals surface area (Å²) in [5, 5.41) is 3.26. The van der Waals surface area contributed by atoms with E-state index in [9.17, 15) is 4.79 Å². The van der Waals surface area contributed by atoms with Crippen LogP contribution in [-0.2, 0) is 13.1 Å². The Balaban J connectivity index is 1.82. The SMILES string of the molecule is CC[C@@H]1C=CCN1C(=O)c1cn2c(n1)CNCC2. The average molecular weight is 246 g/mol. The molecule has 5 nitrogen and oxygen atoms in total. The standard InChI is InChI=1S/C13H18N4O/c1-2-10-4-3-6-17(10)13(18)11-9-16-7-5-14-8-12(16)15-11/h3-4,9-10,14H,2,5-8H2,1H3/t10-/m1/s1. The Morgan fingerprint density at radius 1 is 1.61 bits per heavy atom. The smallest absolute Gasteiger partial charge is 0.274 e. The monoisotopic (exact) mass is 246 g/mol. The van der Waals surface area contributed by atoms with Crippen LogP contribution in [0.5, 0.6) is 0 Å². The predicted octanol–water partition coefficient (Wildman–Crippen LogP) is 0.777. The molecule has 5 heteroatoms. The molecule has 1 atom stereocenters. The summed E-state index contributed by atoms with van der Waals surface area (Å²) in [7, 11) is 0. The van der Waals surface area contributed by atoms with Crippen molar-refractivity contribution in [3.63, 3.8) is 0 Å². The first-order valence-electron chi connectivity index (χ1n) is 6.54. The number of carbonyl (C=O) groups is 1. The fourth-order valence-electron chi connectivity index (χ4n) is 2.60. The highest BCUT2D eigenvalue weighted by Crippen LogP contribution is 2.17. The lowest BCUT2D eigenvalue weighted by Gasteiger charge is -2.22. The van der Waals surface area contributed by atoms with Crippen LogP contribution in [0.2, 0.25) is 0 Å². The number of amides is 1. The van der Waals surface area contributed by atoms with E-state index >= 15 is 0 Å². The van der Waals surface area contributed by atoms with Gasteiger partial charge in [0.15, 0.2) is 0 Å². The number of nitrogens with zero attached hydrogens (tertiary/aromatic N) is 3. The van der Waals surface area contributed by atoms with E-state index in [-0.39, 0.29) is 11.9 Å². The summed E-state index contributed by atoms with van der Waals surface area (Å²) in [5.41, 5.74) is 0.579. The molecule has 0 bridgehead atoms. The Hall–Kier alpha value is -1.62. The third-order valence-corrected chi connectivity index (χ3v) is 3.63. The molecule has 0 spiro atoms. The minimum atomic E-state index is 0.0498. The minimum Gasteiger partial charge on any atom is -0.332 e. The number of hydrogen-bond acceptors (Lipinski definition) is 3. The highest BCUT2D eigenvalue weighted by Gasteiger charge is 2.27. The van der Waals surface area contributed by atoms with E-state index in [0.717, 1.165) is 31.9 Å². The predicted molar refractivity (Wildman–Crippen MR) is 68.2 cm³/mol. The molecule has 3 rings (SSSR count). The third-order valence-electron chi connectivity index (χ3n) is 3.63. The van der Waals surface area contributed by atoms with E-state index in [4.69, 9.17) is 0 Å². The van der Waals surface area contributed by atoms with Gasteiger partial charge in [-0.3, -0.25) is 4.79 Å². The molecular formula is C13H18N4O. The second kappa shape index (κ2) is 4.57. The minimum absolute atomic E-state index is 0.0498. The van der Waals surface area contributed by atoms with Crippen LogP contribution < -0.4 is 5.32 Å². The largest absolute Gasteiger partial charge is 0.332 e.